The van der Waals surface area contributed by atoms with Crippen molar-refractivity contribution in [3.63, 3.8) is 0 Å². The molecule has 1 rings (SSSR count). The van der Waals surface area contributed by atoms with Gasteiger partial charge >= 0.3 is 0 Å². The molecule has 0 saturated carbocycles. The number of hydrogen-bond donors (Lipinski definition) is 1. The summed E-state index contributed by atoms with van der Waals surface area (Å²) in [5, 5.41) is 7.57. The van der Waals surface area contributed by atoms with Crippen LogP contribution in [0.15, 0.2) is 0 Å². The van der Waals surface area contributed by atoms with Crippen LogP contribution in [0.5, 0.6) is 0 Å². The van der Waals surface area contributed by atoms with Gasteiger partial charge in [0.15, 0.2) is 0 Å². The summed E-state index contributed by atoms with van der Waals surface area (Å²) < 4.78 is 0. The molecule has 0 radical (unpaired) electrons. The Bertz CT molecular complexity index is 276. The minimum atomic E-state index is -0.0546. The van der Waals surface area contributed by atoms with Crippen LogP contribution in [-0.2, 0) is 9.59 Å². The Hall–Kier alpha value is -1.39. The second-order valence-corrected chi connectivity index (χ2v) is 3.53. The number of carbonyl (C=O) groups is 2. The number of Topliss-reactive ketones (excluding diaryl/α,β-unsaturated/α-hetero) is 1. The van der Waals surface area contributed by atoms with Crippen molar-refractivity contribution in [2.75, 3.05) is 20.1 Å². The molecule has 1 aliphatic heterocycles. The number of carbonyl (C=O) groups excluding carboxylic acids is 2. The molecule has 0 unspecified atom stereocenters. The normalized spacial score (nSPS) is 15.0. The number of nitrogens with one attached hydrogen (secondary N) is 1. The van der Waals surface area contributed by atoms with Crippen LogP contribution in [0.3, 0.4) is 0 Å². The fraction of sp³-hybridized carbons (Fsp3) is 0.727. The number of guanidine groups is 1. The predicted molar refractivity (Wildman–Crippen MR) is 63.3 cm³/mol. The van der Waals surface area contributed by atoms with Crippen molar-refractivity contribution in [1.29, 1.82) is 5.41 Å². The summed E-state index contributed by atoms with van der Waals surface area (Å²) in [5.74, 6) is 0.302. The molecule has 16 heavy (non-hydrogen) atoms. The van der Waals surface area contributed by atoms with Gasteiger partial charge in [-0.3, -0.25) is 15.1 Å². The van der Waals surface area contributed by atoms with Gasteiger partial charge < -0.3 is 9.69 Å². The highest BCUT2D eigenvalue weighted by molar-refractivity contribution is 6.02. The number of rotatable bonds is 4. The van der Waals surface area contributed by atoms with Crippen molar-refractivity contribution in [2.45, 2.75) is 33.6 Å². The molecule has 1 heterocycles. The fourth-order valence-corrected chi connectivity index (χ4v) is 1.40. The molecule has 5 heteroatoms. The van der Waals surface area contributed by atoms with Crippen LogP contribution >= 0.6 is 0 Å². The van der Waals surface area contributed by atoms with Gasteiger partial charge in [-0.25, -0.2) is 0 Å². The number of ketones is 1. The number of likely N-dealkylation sites (N-methyl/N-ethyl adjacent to an activating group) is 1. The Morgan fingerprint density at radius 1 is 1.44 bits per heavy atom. The summed E-state index contributed by atoms with van der Waals surface area (Å²) in [7, 11) is 1.71. The van der Waals surface area contributed by atoms with Crippen LogP contribution in [0.2, 0.25) is 0 Å². The van der Waals surface area contributed by atoms with E-state index in [2.05, 4.69) is 0 Å². The molecule has 5 nitrogen and oxygen atoms in total. The van der Waals surface area contributed by atoms with Crippen molar-refractivity contribution in [1.82, 2.24) is 9.80 Å². The van der Waals surface area contributed by atoms with E-state index >= 15 is 0 Å². The molecular formula is C11H21N3O2. The van der Waals surface area contributed by atoms with Crippen molar-refractivity contribution in [3.05, 3.63) is 0 Å². The van der Waals surface area contributed by atoms with E-state index in [0.717, 1.165) is 0 Å². The van der Waals surface area contributed by atoms with Crippen LogP contribution in [0.25, 0.3) is 0 Å². The summed E-state index contributed by atoms with van der Waals surface area (Å²) in [6.07, 6.45) is 1.11. The standard InChI is InChI=1S/C9H15N3O2.C2H6/c1-7(13)4-3-5-12-8(14)6-11(2)9(12)10;1-2/h10H,3-6H2,1-2H3;1-2H3. The van der Waals surface area contributed by atoms with Gasteiger partial charge in [-0.1, -0.05) is 13.8 Å². The molecule has 0 aromatic rings. The van der Waals surface area contributed by atoms with Gasteiger partial charge in [0.1, 0.15) is 5.78 Å². The van der Waals surface area contributed by atoms with Crippen molar-refractivity contribution >= 4 is 17.6 Å². The first-order valence-corrected chi connectivity index (χ1v) is 5.62. The lowest BCUT2D eigenvalue weighted by molar-refractivity contribution is -0.125. The summed E-state index contributed by atoms with van der Waals surface area (Å²) in [6, 6.07) is 0. The lowest BCUT2D eigenvalue weighted by Crippen LogP contribution is -2.33. The molecule has 0 aromatic carbocycles. The minimum Gasteiger partial charge on any atom is -0.336 e. The molecule has 1 N–H and O–H groups in total. The molecular weight excluding hydrogens is 206 g/mol. The molecule has 0 aromatic heterocycles. The summed E-state index contributed by atoms with van der Waals surface area (Å²) in [6.45, 7) is 6.28. The van der Waals surface area contributed by atoms with Gasteiger partial charge in [0.2, 0.25) is 11.9 Å². The minimum absolute atomic E-state index is 0.0546. The quantitative estimate of drug-likeness (QED) is 0.782. The average molecular weight is 227 g/mol. The lowest BCUT2D eigenvalue weighted by Gasteiger charge is -2.16. The second-order valence-electron chi connectivity index (χ2n) is 3.53. The summed E-state index contributed by atoms with van der Waals surface area (Å²) in [4.78, 5) is 25.0. The molecule has 0 aliphatic carbocycles. The largest absolute Gasteiger partial charge is 0.336 e. The lowest BCUT2D eigenvalue weighted by atomic mass is 10.2. The van der Waals surface area contributed by atoms with Gasteiger partial charge in [-0.05, 0) is 13.3 Å². The SMILES string of the molecule is CC.CC(=O)CCCN1C(=N)N(C)CC1=O. The van der Waals surface area contributed by atoms with E-state index in [1.807, 2.05) is 13.8 Å². The van der Waals surface area contributed by atoms with Crippen LogP contribution < -0.4 is 0 Å². The third kappa shape index (κ3) is 4.00. The van der Waals surface area contributed by atoms with Gasteiger partial charge in [0.25, 0.3) is 0 Å². The highest BCUT2D eigenvalue weighted by Gasteiger charge is 2.29. The van der Waals surface area contributed by atoms with E-state index in [0.29, 0.717) is 19.4 Å². The van der Waals surface area contributed by atoms with Crippen LogP contribution in [0.4, 0.5) is 0 Å². The van der Waals surface area contributed by atoms with Crippen LogP contribution in [-0.4, -0.2) is 47.6 Å². The van der Waals surface area contributed by atoms with Gasteiger partial charge in [-0.15, -0.1) is 0 Å². The maximum atomic E-state index is 11.3. The zero-order chi connectivity index (χ0) is 12.7. The van der Waals surface area contributed by atoms with E-state index < -0.39 is 0 Å². The first-order valence-electron chi connectivity index (χ1n) is 5.62. The molecule has 0 bridgehead atoms. The summed E-state index contributed by atoms with van der Waals surface area (Å²) in [5.41, 5.74) is 0. The van der Waals surface area contributed by atoms with E-state index in [4.69, 9.17) is 5.41 Å². The van der Waals surface area contributed by atoms with Crippen LogP contribution in [0, 0.1) is 5.41 Å². The monoisotopic (exact) mass is 227 g/mol. The van der Waals surface area contributed by atoms with Crippen molar-refractivity contribution < 1.29 is 9.59 Å². The Morgan fingerprint density at radius 3 is 2.38 bits per heavy atom. The predicted octanol–water partition coefficient (Wildman–Crippen LogP) is 1.09. The highest BCUT2D eigenvalue weighted by Crippen LogP contribution is 2.07. The second kappa shape index (κ2) is 6.98. The molecule has 1 fully saturated rings. The zero-order valence-electron chi connectivity index (χ0n) is 10.5. The molecule has 1 amide bonds. The first-order chi connectivity index (χ1) is 7.52. The number of amides is 1. The van der Waals surface area contributed by atoms with Crippen molar-refractivity contribution in [2.24, 2.45) is 0 Å². The van der Waals surface area contributed by atoms with Gasteiger partial charge in [-0.2, -0.15) is 0 Å². The van der Waals surface area contributed by atoms with E-state index in [1.165, 1.54) is 11.8 Å². The summed E-state index contributed by atoms with van der Waals surface area (Å²) >= 11 is 0. The average Bonchev–Trinajstić information content (AvgIpc) is 2.47. The Kier molecular flexibility index (Phi) is 6.37. The Labute approximate surface area is 96.9 Å². The van der Waals surface area contributed by atoms with Gasteiger partial charge in [0, 0.05) is 20.0 Å². The molecule has 0 atom stereocenters. The Balaban J connectivity index is 0.00000106. The molecule has 1 saturated heterocycles. The topological polar surface area (TPSA) is 64.5 Å². The maximum Gasteiger partial charge on any atom is 0.248 e. The maximum absolute atomic E-state index is 11.3. The van der Waals surface area contributed by atoms with Crippen molar-refractivity contribution in [3.8, 4) is 0 Å². The molecule has 0 spiro atoms. The Morgan fingerprint density at radius 2 is 2.00 bits per heavy atom. The first kappa shape index (κ1) is 14.6. The number of hydrogen-bond acceptors (Lipinski definition) is 3. The fourth-order valence-electron chi connectivity index (χ4n) is 1.40. The van der Waals surface area contributed by atoms with E-state index in [1.54, 1.807) is 11.9 Å². The molecule has 92 valence electrons. The zero-order valence-corrected chi connectivity index (χ0v) is 10.5. The van der Waals surface area contributed by atoms with E-state index in [-0.39, 0.29) is 24.2 Å². The van der Waals surface area contributed by atoms with Gasteiger partial charge in [0.05, 0.1) is 6.54 Å². The smallest absolute Gasteiger partial charge is 0.248 e. The highest BCUT2D eigenvalue weighted by atomic mass is 16.2. The number of nitrogens with zero attached hydrogens (tertiary/aromatic N) is 2. The third-order valence-electron chi connectivity index (χ3n) is 2.20. The van der Waals surface area contributed by atoms with E-state index in [9.17, 15) is 9.59 Å². The third-order valence-corrected chi connectivity index (χ3v) is 2.20. The molecule has 1 aliphatic rings. The van der Waals surface area contributed by atoms with Crippen LogP contribution in [0.1, 0.15) is 33.6 Å².